The Labute approximate surface area is 160 Å². The zero-order valence-corrected chi connectivity index (χ0v) is 14.4. The van der Waals surface area contributed by atoms with E-state index in [1.807, 2.05) is 0 Å². The minimum Gasteiger partial charge on any atom is -0.496 e. The standard InChI is InChI=1S/C15H11F11O4/c1-29-8-2-7(5-28)9(3-6(8)4-27)30-11(17)10(16)12(18,19)13(20,21)14(22,23)15(24,25)26/h2-3,27-28H,4-5H2,1H3. The molecule has 1 aromatic rings. The Hall–Kier alpha value is -2.29. The predicted octanol–water partition coefficient (Wildman–Crippen LogP) is 4.63. The fourth-order valence-corrected chi connectivity index (χ4v) is 1.95. The van der Waals surface area contributed by atoms with E-state index in [-0.39, 0.29) is 11.3 Å². The molecule has 0 aliphatic heterocycles. The van der Waals surface area contributed by atoms with Gasteiger partial charge < -0.3 is 19.7 Å². The van der Waals surface area contributed by atoms with Crippen molar-refractivity contribution in [1.82, 2.24) is 0 Å². The number of aliphatic hydroxyl groups is 2. The smallest absolute Gasteiger partial charge is 0.460 e. The van der Waals surface area contributed by atoms with Gasteiger partial charge in [0.1, 0.15) is 11.5 Å². The van der Waals surface area contributed by atoms with Gasteiger partial charge in [0, 0.05) is 11.1 Å². The Bertz CT molecular complexity index is 803. The molecule has 0 spiro atoms. The van der Waals surface area contributed by atoms with Gasteiger partial charge in [0.25, 0.3) is 0 Å². The number of rotatable bonds is 8. The lowest BCUT2D eigenvalue weighted by Gasteiger charge is -2.32. The van der Waals surface area contributed by atoms with Gasteiger partial charge in [0.2, 0.25) is 5.83 Å². The van der Waals surface area contributed by atoms with Crippen molar-refractivity contribution in [1.29, 1.82) is 0 Å². The van der Waals surface area contributed by atoms with Crippen molar-refractivity contribution in [3.05, 3.63) is 35.1 Å². The third-order valence-electron chi connectivity index (χ3n) is 3.60. The molecule has 1 rings (SSSR count). The molecule has 15 heteroatoms. The third kappa shape index (κ3) is 4.26. The summed E-state index contributed by atoms with van der Waals surface area (Å²) in [6.45, 7) is -1.93. The number of hydrogen-bond acceptors (Lipinski definition) is 4. The van der Waals surface area contributed by atoms with Crippen LogP contribution in [0.15, 0.2) is 24.0 Å². The lowest BCUT2D eigenvalue weighted by Crippen LogP contribution is -2.61. The van der Waals surface area contributed by atoms with Gasteiger partial charge in [-0.25, -0.2) is 0 Å². The van der Waals surface area contributed by atoms with E-state index in [1.165, 1.54) is 0 Å². The van der Waals surface area contributed by atoms with Crippen molar-refractivity contribution >= 4 is 0 Å². The number of ether oxygens (including phenoxy) is 2. The van der Waals surface area contributed by atoms with Crippen LogP contribution in [0.1, 0.15) is 11.1 Å². The summed E-state index contributed by atoms with van der Waals surface area (Å²) < 4.78 is 151. The Kier molecular flexibility index (Phi) is 7.25. The first-order valence-electron chi connectivity index (χ1n) is 7.34. The van der Waals surface area contributed by atoms with Crippen molar-refractivity contribution in [2.24, 2.45) is 0 Å². The van der Waals surface area contributed by atoms with E-state index in [9.17, 15) is 48.3 Å². The van der Waals surface area contributed by atoms with Gasteiger partial charge in [-0.3, -0.25) is 0 Å². The molecule has 0 aliphatic rings. The van der Waals surface area contributed by atoms with Crippen LogP contribution in [0.5, 0.6) is 11.5 Å². The van der Waals surface area contributed by atoms with Crippen LogP contribution in [-0.2, 0) is 13.2 Å². The van der Waals surface area contributed by atoms with Crippen LogP contribution in [0.3, 0.4) is 0 Å². The summed E-state index contributed by atoms with van der Waals surface area (Å²) >= 11 is 0. The van der Waals surface area contributed by atoms with Gasteiger partial charge in [-0.2, -0.15) is 48.3 Å². The zero-order valence-electron chi connectivity index (χ0n) is 14.4. The summed E-state index contributed by atoms with van der Waals surface area (Å²) in [6, 6.07) is -1.88. The molecule has 0 aliphatic carbocycles. The zero-order chi connectivity index (χ0) is 23.7. The number of alkyl halides is 9. The van der Waals surface area contributed by atoms with Gasteiger partial charge in [0.05, 0.1) is 20.3 Å². The molecule has 0 saturated heterocycles. The molecule has 0 bridgehead atoms. The molecule has 0 aromatic heterocycles. The molecule has 172 valence electrons. The normalized spacial score (nSPS) is 14.5. The third-order valence-corrected chi connectivity index (χ3v) is 3.60. The number of benzene rings is 1. The second-order valence-corrected chi connectivity index (χ2v) is 5.50. The molecule has 0 amide bonds. The topological polar surface area (TPSA) is 58.9 Å². The average molecular weight is 464 g/mol. The van der Waals surface area contributed by atoms with Gasteiger partial charge in [0.15, 0.2) is 0 Å². The van der Waals surface area contributed by atoms with Crippen LogP contribution < -0.4 is 9.47 Å². The fourth-order valence-electron chi connectivity index (χ4n) is 1.95. The quantitative estimate of drug-likeness (QED) is 0.435. The first-order valence-corrected chi connectivity index (χ1v) is 7.34. The lowest BCUT2D eigenvalue weighted by molar-refractivity contribution is -0.392. The Morgan fingerprint density at radius 1 is 0.800 bits per heavy atom. The van der Waals surface area contributed by atoms with Crippen molar-refractivity contribution in [3.8, 4) is 11.5 Å². The van der Waals surface area contributed by atoms with Crippen LogP contribution in [0, 0.1) is 0 Å². The molecule has 0 atom stereocenters. The van der Waals surface area contributed by atoms with Gasteiger partial charge >= 0.3 is 30.0 Å². The molecule has 0 unspecified atom stereocenters. The highest BCUT2D eigenvalue weighted by Crippen LogP contribution is 2.55. The van der Waals surface area contributed by atoms with Crippen LogP contribution in [0.2, 0.25) is 0 Å². The minimum absolute atomic E-state index is 0.166. The second-order valence-electron chi connectivity index (χ2n) is 5.50. The molecule has 2 N–H and O–H groups in total. The lowest BCUT2D eigenvalue weighted by atomic mass is 10.0. The number of hydrogen-bond donors (Lipinski definition) is 2. The first-order chi connectivity index (χ1) is 13.5. The maximum atomic E-state index is 13.7. The van der Waals surface area contributed by atoms with Crippen molar-refractivity contribution < 1.29 is 68.0 Å². The van der Waals surface area contributed by atoms with E-state index in [0.717, 1.165) is 13.2 Å². The summed E-state index contributed by atoms with van der Waals surface area (Å²) in [5.41, 5.74) is -0.804. The average Bonchev–Trinajstić information content (AvgIpc) is 2.65. The highest BCUT2D eigenvalue weighted by atomic mass is 19.4. The molecule has 4 nitrogen and oxygen atoms in total. The van der Waals surface area contributed by atoms with Crippen molar-refractivity contribution in [3.63, 3.8) is 0 Å². The van der Waals surface area contributed by atoms with Gasteiger partial charge in [-0.15, -0.1) is 0 Å². The molecule has 30 heavy (non-hydrogen) atoms. The van der Waals surface area contributed by atoms with Crippen LogP contribution in [-0.4, -0.2) is 41.3 Å². The van der Waals surface area contributed by atoms with Gasteiger partial charge in [-0.1, -0.05) is 0 Å². The van der Waals surface area contributed by atoms with Crippen molar-refractivity contribution in [2.75, 3.05) is 7.11 Å². The number of halogens is 11. The van der Waals surface area contributed by atoms with E-state index in [1.54, 1.807) is 0 Å². The molecular weight excluding hydrogens is 453 g/mol. The van der Waals surface area contributed by atoms with E-state index in [0.29, 0.717) is 6.07 Å². The fraction of sp³-hybridized carbons (Fsp3) is 0.467. The van der Waals surface area contributed by atoms with E-state index in [4.69, 9.17) is 14.9 Å². The largest absolute Gasteiger partial charge is 0.496 e. The highest BCUT2D eigenvalue weighted by molar-refractivity contribution is 5.46. The number of aliphatic hydroxyl groups excluding tert-OH is 2. The number of allylic oxidation sites excluding steroid dienone is 1. The molecule has 1 aromatic carbocycles. The second kappa shape index (κ2) is 8.45. The monoisotopic (exact) mass is 464 g/mol. The Balaban J connectivity index is 3.47. The van der Waals surface area contributed by atoms with Crippen LogP contribution in [0.25, 0.3) is 0 Å². The molecule has 0 heterocycles. The van der Waals surface area contributed by atoms with Crippen LogP contribution in [0.4, 0.5) is 48.3 Å². The molecule has 0 fully saturated rings. The van der Waals surface area contributed by atoms with E-state index in [2.05, 4.69) is 4.74 Å². The molecular formula is C15H11F11O4. The number of methoxy groups -OCH3 is 1. The van der Waals surface area contributed by atoms with Crippen LogP contribution >= 0.6 is 0 Å². The summed E-state index contributed by atoms with van der Waals surface area (Å²) in [6.07, 6.45) is -7.23. The summed E-state index contributed by atoms with van der Waals surface area (Å²) in [5.74, 6) is -27.2. The summed E-state index contributed by atoms with van der Waals surface area (Å²) in [7, 11) is 1.07. The highest BCUT2D eigenvalue weighted by Gasteiger charge is 2.83. The first kappa shape index (κ1) is 25.7. The SMILES string of the molecule is COc1cc(CO)c(OC(F)=C(F)C(F)(F)C(F)(F)C(F)(F)C(F)(F)F)cc1CO. The summed E-state index contributed by atoms with van der Waals surface area (Å²) in [4.78, 5) is 0. The van der Waals surface area contributed by atoms with Gasteiger partial charge in [-0.05, 0) is 12.1 Å². The Morgan fingerprint density at radius 3 is 1.63 bits per heavy atom. The maximum Gasteiger partial charge on any atom is 0.460 e. The predicted molar refractivity (Wildman–Crippen MR) is 75.6 cm³/mol. The minimum atomic E-state index is -7.45. The van der Waals surface area contributed by atoms with E-state index >= 15 is 0 Å². The molecule has 0 saturated carbocycles. The van der Waals surface area contributed by atoms with Crippen molar-refractivity contribution in [2.45, 2.75) is 37.2 Å². The maximum absolute atomic E-state index is 13.7. The summed E-state index contributed by atoms with van der Waals surface area (Å²) in [5, 5.41) is 18.2. The Morgan fingerprint density at radius 2 is 1.23 bits per heavy atom. The molecule has 0 radical (unpaired) electrons. The van der Waals surface area contributed by atoms with E-state index < -0.39 is 60.3 Å².